The highest BCUT2D eigenvalue weighted by Crippen LogP contribution is 2.21. The first kappa shape index (κ1) is 17.9. The van der Waals surface area contributed by atoms with Crippen LogP contribution in [0.3, 0.4) is 0 Å². The Morgan fingerprint density at radius 1 is 1.12 bits per heavy atom. The summed E-state index contributed by atoms with van der Waals surface area (Å²) in [6.45, 7) is 6.59. The van der Waals surface area contributed by atoms with Gasteiger partial charge in [-0.2, -0.15) is 0 Å². The van der Waals surface area contributed by atoms with E-state index in [1.54, 1.807) is 0 Å². The Labute approximate surface area is 155 Å². The number of hydrogen-bond donors (Lipinski definition) is 0. The van der Waals surface area contributed by atoms with E-state index < -0.39 is 0 Å². The summed E-state index contributed by atoms with van der Waals surface area (Å²) >= 11 is 0. The van der Waals surface area contributed by atoms with E-state index in [1.165, 1.54) is 5.56 Å². The van der Waals surface area contributed by atoms with Crippen molar-refractivity contribution >= 4 is 5.78 Å². The molecule has 0 saturated carbocycles. The number of allylic oxidation sites excluding steroid dienone is 1. The van der Waals surface area contributed by atoms with Crippen LogP contribution in [-0.4, -0.2) is 15.3 Å². The van der Waals surface area contributed by atoms with Crippen molar-refractivity contribution in [3.63, 3.8) is 0 Å². The van der Waals surface area contributed by atoms with Crippen LogP contribution in [0.15, 0.2) is 73.4 Å². The van der Waals surface area contributed by atoms with Crippen LogP contribution >= 0.6 is 0 Å². The van der Waals surface area contributed by atoms with Gasteiger partial charge < -0.3 is 4.57 Å². The van der Waals surface area contributed by atoms with Crippen LogP contribution in [0, 0.1) is 6.92 Å². The number of benzene rings is 2. The van der Waals surface area contributed by atoms with Crippen LogP contribution in [-0.2, 0) is 24.2 Å². The average Bonchev–Trinajstić information content (AvgIpc) is 3.06. The maximum absolute atomic E-state index is 12.4. The molecule has 0 atom stereocenters. The Morgan fingerprint density at radius 2 is 1.85 bits per heavy atom. The fraction of sp³-hybridized carbons (Fsp3) is 0.217. The highest BCUT2D eigenvalue weighted by atomic mass is 16.1. The van der Waals surface area contributed by atoms with E-state index in [4.69, 9.17) is 0 Å². The standard InChI is InChI=1S/C23H24N2O/c1-3-15-25-21(17-24-23(25)19-10-5-4-6-11-19)13-14-22(26)16-20-12-8-7-9-18(20)2/h3-12,17H,1,13-16H2,2H3. The summed E-state index contributed by atoms with van der Waals surface area (Å²) in [4.78, 5) is 17.0. The van der Waals surface area contributed by atoms with Crippen molar-refractivity contribution in [1.82, 2.24) is 9.55 Å². The van der Waals surface area contributed by atoms with Crippen molar-refractivity contribution < 1.29 is 4.79 Å². The molecule has 0 radical (unpaired) electrons. The zero-order valence-corrected chi connectivity index (χ0v) is 15.2. The lowest BCUT2D eigenvalue weighted by Gasteiger charge is -2.10. The Kier molecular flexibility index (Phi) is 5.80. The summed E-state index contributed by atoms with van der Waals surface area (Å²) in [7, 11) is 0. The van der Waals surface area contributed by atoms with E-state index in [0.29, 0.717) is 25.8 Å². The number of aryl methyl sites for hydroxylation is 2. The predicted octanol–water partition coefficient (Wildman–Crippen LogP) is 4.79. The molecule has 0 saturated heterocycles. The van der Waals surface area contributed by atoms with E-state index in [9.17, 15) is 4.79 Å². The molecule has 0 spiro atoms. The number of carbonyl (C=O) groups is 1. The zero-order valence-electron chi connectivity index (χ0n) is 15.2. The lowest BCUT2D eigenvalue weighted by Crippen LogP contribution is -2.09. The van der Waals surface area contributed by atoms with Crippen LogP contribution in [0.5, 0.6) is 0 Å². The molecule has 3 heteroatoms. The van der Waals surface area contributed by atoms with Crippen molar-refractivity contribution in [2.75, 3.05) is 0 Å². The van der Waals surface area contributed by atoms with E-state index >= 15 is 0 Å². The molecular weight excluding hydrogens is 320 g/mol. The summed E-state index contributed by atoms with van der Waals surface area (Å²) in [5.74, 6) is 1.18. The third-order valence-electron chi connectivity index (χ3n) is 4.59. The molecule has 3 aromatic rings. The maximum atomic E-state index is 12.4. The third-order valence-corrected chi connectivity index (χ3v) is 4.59. The van der Waals surface area contributed by atoms with Crippen LogP contribution in [0.4, 0.5) is 0 Å². The van der Waals surface area contributed by atoms with E-state index in [1.807, 2.05) is 61.7 Å². The summed E-state index contributed by atoms with van der Waals surface area (Å²) < 4.78 is 2.14. The molecule has 1 heterocycles. The molecule has 26 heavy (non-hydrogen) atoms. The molecule has 0 N–H and O–H groups in total. The van der Waals surface area contributed by atoms with Gasteiger partial charge in [-0.3, -0.25) is 4.79 Å². The van der Waals surface area contributed by atoms with Crippen LogP contribution < -0.4 is 0 Å². The first-order valence-electron chi connectivity index (χ1n) is 8.96. The molecule has 1 aromatic heterocycles. The molecule has 0 fully saturated rings. The van der Waals surface area contributed by atoms with Gasteiger partial charge in [0.15, 0.2) is 0 Å². The largest absolute Gasteiger partial charge is 0.324 e. The van der Waals surface area contributed by atoms with Gasteiger partial charge in [0.1, 0.15) is 11.6 Å². The van der Waals surface area contributed by atoms with Crippen molar-refractivity contribution in [3.8, 4) is 11.4 Å². The molecule has 0 aliphatic carbocycles. The topological polar surface area (TPSA) is 34.9 Å². The lowest BCUT2D eigenvalue weighted by molar-refractivity contribution is -0.118. The molecule has 2 aromatic carbocycles. The average molecular weight is 344 g/mol. The molecule has 0 aliphatic rings. The number of nitrogens with zero attached hydrogens (tertiary/aromatic N) is 2. The Bertz CT molecular complexity index is 894. The fourth-order valence-electron chi connectivity index (χ4n) is 3.14. The molecule has 0 amide bonds. The lowest BCUT2D eigenvalue weighted by atomic mass is 10.0. The third kappa shape index (κ3) is 4.17. The minimum absolute atomic E-state index is 0.256. The van der Waals surface area contributed by atoms with Gasteiger partial charge >= 0.3 is 0 Å². The van der Waals surface area contributed by atoms with Gasteiger partial charge in [-0.1, -0.05) is 60.7 Å². The van der Waals surface area contributed by atoms with E-state index in [0.717, 1.165) is 22.6 Å². The van der Waals surface area contributed by atoms with Crippen LogP contribution in [0.25, 0.3) is 11.4 Å². The maximum Gasteiger partial charge on any atom is 0.140 e. The van der Waals surface area contributed by atoms with Crippen molar-refractivity contribution in [3.05, 3.63) is 90.3 Å². The first-order valence-corrected chi connectivity index (χ1v) is 8.96. The van der Waals surface area contributed by atoms with Gasteiger partial charge in [0, 0.05) is 36.8 Å². The summed E-state index contributed by atoms with van der Waals surface area (Å²) in [5.41, 5.74) is 4.43. The zero-order chi connectivity index (χ0) is 18.4. The molecule has 3 nitrogen and oxygen atoms in total. The summed E-state index contributed by atoms with van der Waals surface area (Å²) in [6, 6.07) is 18.2. The van der Waals surface area contributed by atoms with E-state index in [2.05, 4.69) is 28.3 Å². The Morgan fingerprint density at radius 3 is 2.58 bits per heavy atom. The highest BCUT2D eigenvalue weighted by molar-refractivity contribution is 5.81. The van der Waals surface area contributed by atoms with Crippen molar-refractivity contribution in [1.29, 1.82) is 0 Å². The normalized spacial score (nSPS) is 10.7. The van der Waals surface area contributed by atoms with Gasteiger partial charge in [-0.15, -0.1) is 6.58 Å². The van der Waals surface area contributed by atoms with Gasteiger partial charge in [0.05, 0.1) is 0 Å². The van der Waals surface area contributed by atoms with Crippen LogP contribution in [0.2, 0.25) is 0 Å². The summed E-state index contributed by atoms with van der Waals surface area (Å²) in [5, 5.41) is 0. The van der Waals surface area contributed by atoms with Gasteiger partial charge in [0.25, 0.3) is 0 Å². The number of rotatable bonds is 8. The number of carbonyl (C=O) groups excluding carboxylic acids is 1. The van der Waals surface area contributed by atoms with Gasteiger partial charge in [-0.05, 0) is 24.5 Å². The van der Waals surface area contributed by atoms with Gasteiger partial charge in [0.2, 0.25) is 0 Å². The smallest absolute Gasteiger partial charge is 0.140 e. The van der Waals surface area contributed by atoms with Crippen molar-refractivity contribution in [2.24, 2.45) is 0 Å². The highest BCUT2D eigenvalue weighted by Gasteiger charge is 2.13. The van der Waals surface area contributed by atoms with Crippen LogP contribution in [0.1, 0.15) is 23.2 Å². The number of aromatic nitrogens is 2. The molecule has 0 aliphatic heterocycles. The number of hydrogen-bond acceptors (Lipinski definition) is 2. The van der Waals surface area contributed by atoms with Crippen molar-refractivity contribution in [2.45, 2.75) is 32.7 Å². The molecule has 132 valence electrons. The Hall–Kier alpha value is -2.94. The van der Waals surface area contributed by atoms with Gasteiger partial charge in [-0.25, -0.2) is 4.98 Å². The minimum Gasteiger partial charge on any atom is -0.324 e. The summed E-state index contributed by atoms with van der Waals surface area (Å²) in [6.07, 6.45) is 5.46. The Balaban J connectivity index is 1.72. The number of Topliss-reactive ketones (excluding diaryl/α,β-unsaturated/α-hetero) is 1. The number of imidazole rings is 1. The fourth-order valence-corrected chi connectivity index (χ4v) is 3.14. The molecular formula is C23H24N2O. The predicted molar refractivity (Wildman–Crippen MR) is 106 cm³/mol. The molecule has 0 bridgehead atoms. The second kappa shape index (κ2) is 8.43. The molecule has 3 rings (SSSR count). The number of ketones is 1. The second-order valence-electron chi connectivity index (χ2n) is 6.48. The SMILES string of the molecule is C=CCn1c(CCC(=O)Cc2ccccc2C)cnc1-c1ccccc1. The first-order chi connectivity index (χ1) is 12.7. The quantitative estimate of drug-likeness (QED) is 0.551. The van der Waals surface area contributed by atoms with E-state index in [-0.39, 0.29) is 5.78 Å². The second-order valence-corrected chi connectivity index (χ2v) is 6.48. The molecule has 0 unspecified atom stereocenters. The monoisotopic (exact) mass is 344 g/mol. The minimum atomic E-state index is 0.256.